The summed E-state index contributed by atoms with van der Waals surface area (Å²) in [5.41, 5.74) is -2.12. The van der Waals surface area contributed by atoms with Crippen LogP contribution in [0.4, 0.5) is 18.0 Å². The average Bonchev–Trinajstić information content (AvgIpc) is 2.60. The monoisotopic (exact) mass is 448 g/mol. The molecule has 8 heteroatoms. The molecule has 170 valence electrons. The first-order chi connectivity index (χ1) is 13.7. The first-order valence-corrected chi connectivity index (χ1v) is 10.6. The van der Waals surface area contributed by atoms with Crippen molar-refractivity contribution in [3.8, 4) is 0 Å². The molecule has 0 aliphatic carbocycles. The number of benzene rings is 1. The molecule has 0 spiro atoms. The molecule has 1 aromatic carbocycles. The van der Waals surface area contributed by atoms with Crippen LogP contribution in [0.25, 0.3) is 0 Å². The van der Waals surface area contributed by atoms with Crippen LogP contribution in [0.1, 0.15) is 59.4 Å². The first kappa shape index (κ1) is 24.8. The fraction of sp³-hybridized carbons (Fsp3) is 0.682. The lowest BCUT2D eigenvalue weighted by atomic mass is 9.71. The Balaban J connectivity index is 2.24. The fourth-order valence-electron chi connectivity index (χ4n) is 3.72. The van der Waals surface area contributed by atoms with E-state index in [0.717, 1.165) is 32.3 Å². The van der Waals surface area contributed by atoms with Gasteiger partial charge in [-0.2, -0.15) is 13.2 Å². The Morgan fingerprint density at radius 3 is 2.30 bits per heavy atom. The number of nitrogens with one attached hydrogen (secondary N) is 1. The van der Waals surface area contributed by atoms with Crippen molar-refractivity contribution in [2.45, 2.75) is 76.6 Å². The van der Waals surface area contributed by atoms with Gasteiger partial charge in [-0.3, -0.25) is 0 Å². The molecule has 1 aromatic rings. The first-order valence-electron chi connectivity index (χ1n) is 10.2. The number of ether oxygens (including phenoxy) is 1. The van der Waals surface area contributed by atoms with Gasteiger partial charge in [0.25, 0.3) is 0 Å². The van der Waals surface area contributed by atoms with E-state index in [9.17, 15) is 18.0 Å². The molecule has 1 N–H and O–H groups in total. The number of halogens is 4. The zero-order valence-corrected chi connectivity index (χ0v) is 19.1. The summed E-state index contributed by atoms with van der Waals surface area (Å²) in [5.74, 6) is 0. The number of hydrogen-bond acceptors (Lipinski definition) is 3. The molecule has 2 rings (SSSR count). The van der Waals surface area contributed by atoms with Crippen LogP contribution in [0.5, 0.6) is 0 Å². The molecule has 1 amide bonds. The van der Waals surface area contributed by atoms with Crippen LogP contribution in [-0.2, 0) is 10.2 Å². The molecule has 1 fully saturated rings. The van der Waals surface area contributed by atoms with Crippen LogP contribution in [-0.4, -0.2) is 47.9 Å². The van der Waals surface area contributed by atoms with Gasteiger partial charge < -0.3 is 15.0 Å². The third-order valence-electron chi connectivity index (χ3n) is 5.56. The Labute approximate surface area is 182 Å². The molecule has 1 atom stereocenters. The van der Waals surface area contributed by atoms with Gasteiger partial charge in [0.1, 0.15) is 11.1 Å². The highest BCUT2D eigenvalue weighted by molar-refractivity contribution is 6.30. The summed E-state index contributed by atoms with van der Waals surface area (Å²) in [6, 6.07) is 7.35. The van der Waals surface area contributed by atoms with Crippen LogP contribution < -0.4 is 5.32 Å². The highest BCUT2D eigenvalue weighted by Crippen LogP contribution is 2.39. The van der Waals surface area contributed by atoms with Crippen LogP contribution in [0, 0.1) is 0 Å². The van der Waals surface area contributed by atoms with Crippen LogP contribution in [0.2, 0.25) is 5.02 Å². The van der Waals surface area contributed by atoms with Crippen molar-refractivity contribution in [2.24, 2.45) is 0 Å². The van der Waals surface area contributed by atoms with Gasteiger partial charge >= 0.3 is 12.3 Å². The van der Waals surface area contributed by atoms with Crippen LogP contribution in [0.15, 0.2) is 24.3 Å². The fourth-order valence-corrected chi connectivity index (χ4v) is 3.84. The number of carbonyl (C=O) groups excluding carboxylic acids is 1. The second-order valence-electron chi connectivity index (χ2n) is 9.59. The molecule has 4 nitrogen and oxygen atoms in total. The van der Waals surface area contributed by atoms with E-state index in [1.807, 2.05) is 32.9 Å². The Bertz CT molecular complexity index is 729. The number of amides is 1. The maximum absolute atomic E-state index is 13.2. The van der Waals surface area contributed by atoms with E-state index in [2.05, 4.69) is 5.32 Å². The lowest BCUT2D eigenvalue weighted by molar-refractivity contribution is -0.186. The summed E-state index contributed by atoms with van der Waals surface area (Å²) in [5, 5.41) is 3.24. The minimum Gasteiger partial charge on any atom is -0.444 e. The molecule has 0 bridgehead atoms. The predicted molar refractivity (Wildman–Crippen MR) is 113 cm³/mol. The highest BCUT2D eigenvalue weighted by atomic mass is 35.5. The normalized spacial score (nSPS) is 20.9. The molecule has 1 heterocycles. The number of alkyl halides is 3. The molecular weight excluding hydrogens is 417 g/mol. The van der Waals surface area contributed by atoms with Crippen molar-refractivity contribution >= 4 is 17.7 Å². The van der Waals surface area contributed by atoms with E-state index in [1.165, 1.54) is 0 Å². The minimum absolute atomic E-state index is 0.164. The van der Waals surface area contributed by atoms with E-state index in [-0.39, 0.29) is 6.54 Å². The van der Waals surface area contributed by atoms with E-state index in [1.54, 1.807) is 17.0 Å². The quantitative estimate of drug-likeness (QED) is 0.607. The largest absolute Gasteiger partial charge is 0.444 e. The Kier molecular flexibility index (Phi) is 7.40. The molecule has 0 radical (unpaired) electrons. The van der Waals surface area contributed by atoms with Crippen molar-refractivity contribution in [2.75, 3.05) is 19.6 Å². The molecule has 1 aliphatic heterocycles. The lowest BCUT2D eigenvalue weighted by Gasteiger charge is -2.44. The van der Waals surface area contributed by atoms with Crippen molar-refractivity contribution in [3.63, 3.8) is 0 Å². The van der Waals surface area contributed by atoms with Gasteiger partial charge in [-0.05, 0) is 78.1 Å². The highest BCUT2D eigenvalue weighted by Gasteiger charge is 2.47. The summed E-state index contributed by atoms with van der Waals surface area (Å²) < 4.78 is 45.3. The Hall–Kier alpha value is -1.47. The third kappa shape index (κ3) is 6.27. The summed E-state index contributed by atoms with van der Waals surface area (Å²) in [4.78, 5) is 14.3. The smallest absolute Gasteiger partial charge is 0.410 e. The number of nitrogens with zero attached hydrogens (tertiary/aromatic N) is 1. The van der Waals surface area contributed by atoms with E-state index >= 15 is 0 Å². The number of hydrogen-bond donors (Lipinski definition) is 1. The van der Waals surface area contributed by atoms with Crippen molar-refractivity contribution < 1.29 is 22.7 Å². The SMILES string of the molecule is CC(C)(C)OC(=O)N1CCCC(CCNC(C)(C)C(F)(F)F)(c2ccc(Cl)cc2)C1. The molecule has 0 saturated carbocycles. The number of rotatable bonds is 5. The Morgan fingerprint density at radius 1 is 1.17 bits per heavy atom. The molecule has 0 aromatic heterocycles. The molecule has 1 aliphatic rings. The van der Waals surface area contributed by atoms with Gasteiger partial charge in [0.05, 0.1) is 0 Å². The van der Waals surface area contributed by atoms with Gasteiger partial charge in [-0.15, -0.1) is 0 Å². The standard InChI is InChI=1S/C22H32ClF3N2O2/c1-19(2,3)30-18(29)28-14-6-11-21(15-28,16-7-9-17(23)10-8-16)12-13-27-20(4,5)22(24,25)26/h7-10,27H,6,11-15H2,1-5H3. The number of piperidine rings is 1. The molecule has 30 heavy (non-hydrogen) atoms. The molecular formula is C22H32ClF3N2O2. The number of carbonyl (C=O) groups is 1. The summed E-state index contributed by atoms with van der Waals surface area (Å²) in [6.07, 6.45) is -2.79. The van der Waals surface area contributed by atoms with Gasteiger partial charge in [0, 0.05) is 23.5 Å². The maximum atomic E-state index is 13.2. The van der Waals surface area contributed by atoms with Crippen molar-refractivity contribution in [1.29, 1.82) is 0 Å². The summed E-state index contributed by atoms with van der Waals surface area (Å²) in [6.45, 7) is 8.81. The van der Waals surface area contributed by atoms with Gasteiger partial charge in [-0.1, -0.05) is 23.7 Å². The van der Waals surface area contributed by atoms with Gasteiger partial charge in [-0.25, -0.2) is 4.79 Å². The van der Waals surface area contributed by atoms with Crippen molar-refractivity contribution in [3.05, 3.63) is 34.9 Å². The van der Waals surface area contributed by atoms with Gasteiger partial charge in [0.2, 0.25) is 0 Å². The van der Waals surface area contributed by atoms with Crippen molar-refractivity contribution in [1.82, 2.24) is 10.2 Å². The van der Waals surface area contributed by atoms with Gasteiger partial charge in [0.15, 0.2) is 0 Å². The average molecular weight is 449 g/mol. The maximum Gasteiger partial charge on any atom is 0.410 e. The summed E-state index contributed by atoms with van der Waals surface area (Å²) >= 11 is 6.04. The van der Waals surface area contributed by atoms with E-state index in [0.29, 0.717) is 24.5 Å². The minimum atomic E-state index is -4.35. The number of likely N-dealkylation sites (tertiary alicyclic amines) is 1. The Morgan fingerprint density at radius 2 is 1.77 bits per heavy atom. The van der Waals surface area contributed by atoms with Crippen LogP contribution >= 0.6 is 11.6 Å². The zero-order valence-electron chi connectivity index (χ0n) is 18.3. The van der Waals surface area contributed by atoms with Crippen LogP contribution in [0.3, 0.4) is 0 Å². The lowest BCUT2D eigenvalue weighted by Crippen LogP contribution is -2.55. The summed E-state index contributed by atoms with van der Waals surface area (Å²) in [7, 11) is 0. The topological polar surface area (TPSA) is 41.6 Å². The molecule has 1 unspecified atom stereocenters. The van der Waals surface area contributed by atoms with E-state index < -0.39 is 28.8 Å². The molecule has 1 saturated heterocycles. The predicted octanol–water partition coefficient (Wildman–Crippen LogP) is 5.93. The third-order valence-corrected chi connectivity index (χ3v) is 5.82. The zero-order chi connectivity index (χ0) is 22.8. The second-order valence-corrected chi connectivity index (χ2v) is 10.0. The van der Waals surface area contributed by atoms with E-state index in [4.69, 9.17) is 16.3 Å². The second kappa shape index (κ2) is 8.95.